The number of hydrogen-bond acceptors (Lipinski definition) is 3. The fourth-order valence-corrected chi connectivity index (χ4v) is 2.99. The fraction of sp³-hybridized carbons (Fsp3) is 0.667. The molecule has 2 heterocycles. The van der Waals surface area contributed by atoms with Gasteiger partial charge in [-0.05, 0) is 29.5 Å². The van der Waals surface area contributed by atoms with Crippen LogP contribution >= 0.6 is 23.1 Å². The van der Waals surface area contributed by atoms with Gasteiger partial charge in [0.05, 0.1) is 0 Å². The zero-order valence-electron chi connectivity index (χ0n) is 5.99. The zero-order chi connectivity index (χ0) is 6.81. The smallest absolute Gasteiger partial charge is 0.324 e. The maximum atomic E-state index is 4.23. The predicted molar refractivity (Wildman–Crippen MR) is 42.3 cm³/mol. The van der Waals surface area contributed by atoms with Crippen LogP contribution in [0.1, 0.15) is 12.8 Å². The van der Waals surface area contributed by atoms with Gasteiger partial charge >= 0.3 is 4.34 Å². The van der Waals surface area contributed by atoms with Crippen LogP contribution in [0, 0.1) is 0 Å². The van der Waals surface area contributed by atoms with E-state index in [-0.39, 0.29) is 17.0 Å². The lowest BCUT2D eigenvalue weighted by Crippen LogP contribution is -3.00. The summed E-state index contributed by atoms with van der Waals surface area (Å²) in [5.41, 5.74) is 1.92. The van der Waals surface area contributed by atoms with E-state index < -0.39 is 0 Å². The molecule has 2 nitrogen and oxygen atoms in total. The Kier molecular flexibility index (Phi) is 3.81. The average molecular weight is 253 g/mol. The number of nitrogens with zero attached hydrogens (tertiary/aromatic N) is 2. The first-order valence-electron chi connectivity index (χ1n) is 3.43. The van der Waals surface area contributed by atoms with Gasteiger partial charge in [0.1, 0.15) is 0 Å². The summed E-state index contributed by atoms with van der Waals surface area (Å²) in [6, 6.07) is 0. The second-order valence-electron chi connectivity index (χ2n) is 2.28. The average Bonchev–Trinajstić information content (AvgIpc) is 2.28. The molecule has 0 radical (unpaired) electrons. The van der Waals surface area contributed by atoms with Crippen molar-refractivity contribution in [2.75, 3.05) is 5.75 Å². The Morgan fingerprint density at radius 3 is 3.27 bits per heavy atom. The molecule has 1 aliphatic heterocycles. The highest BCUT2D eigenvalue weighted by atomic mass is 79.9. The van der Waals surface area contributed by atoms with Gasteiger partial charge in [0.15, 0.2) is 12.1 Å². The van der Waals surface area contributed by atoms with Gasteiger partial charge in [0.2, 0.25) is 0 Å². The summed E-state index contributed by atoms with van der Waals surface area (Å²) >= 11 is 3.69. The number of hydrogen-bond donors (Lipinski definition) is 0. The third-order valence-electron chi connectivity index (χ3n) is 1.54. The Balaban J connectivity index is 0.000000605. The molecule has 0 unspecified atom stereocenters. The second kappa shape index (κ2) is 4.42. The summed E-state index contributed by atoms with van der Waals surface area (Å²) in [4.78, 5) is 0. The van der Waals surface area contributed by atoms with Gasteiger partial charge in [-0.2, -0.15) is 0 Å². The number of rotatable bonds is 0. The molecule has 0 fully saturated rings. The molecule has 11 heavy (non-hydrogen) atoms. The molecular weight excluding hydrogens is 244 g/mol. The Morgan fingerprint density at radius 1 is 1.45 bits per heavy atom. The van der Waals surface area contributed by atoms with Crippen molar-refractivity contribution >= 4 is 23.1 Å². The van der Waals surface area contributed by atoms with Crippen molar-refractivity contribution in [3.63, 3.8) is 0 Å². The Labute approximate surface area is 84.8 Å². The van der Waals surface area contributed by atoms with Crippen molar-refractivity contribution in [2.24, 2.45) is 0 Å². The van der Waals surface area contributed by atoms with E-state index in [1.807, 2.05) is 17.3 Å². The molecule has 0 N–H and O–H groups in total. The SMILES string of the molecule is [Br-].c1n[n+]2c(s1)SCCCC2. The first-order chi connectivity index (χ1) is 4.97. The lowest BCUT2D eigenvalue weighted by atomic mass is 10.3. The molecule has 0 spiro atoms. The van der Waals surface area contributed by atoms with E-state index in [9.17, 15) is 0 Å². The monoisotopic (exact) mass is 252 g/mol. The van der Waals surface area contributed by atoms with Gasteiger partial charge in [-0.3, -0.25) is 0 Å². The summed E-state index contributed by atoms with van der Waals surface area (Å²) < 4.78 is 3.49. The van der Waals surface area contributed by atoms with Crippen LogP contribution in [0.4, 0.5) is 0 Å². The molecule has 1 aromatic heterocycles. The first-order valence-corrected chi connectivity index (χ1v) is 5.30. The summed E-state index contributed by atoms with van der Waals surface area (Å²) in [5.74, 6) is 1.27. The highest BCUT2D eigenvalue weighted by Gasteiger charge is 2.17. The summed E-state index contributed by atoms with van der Waals surface area (Å²) in [5, 5.41) is 4.23. The third kappa shape index (κ3) is 2.16. The largest absolute Gasteiger partial charge is 1.00 e. The van der Waals surface area contributed by atoms with Crippen LogP contribution in [-0.4, -0.2) is 10.9 Å². The summed E-state index contributed by atoms with van der Waals surface area (Å²) in [6.07, 6.45) is 2.62. The van der Waals surface area contributed by atoms with E-state index in [1.54, 1.807) is 11.3 Å². The Hall–Kier alpha value is 0.390. The van der Waals surface area contributed by atoms with E-state index in [4.69, 9.17) is 0 Å². The normalized spacial score (nSPS) is 16.4. The van der Waals surface area contributed by atoms with Crippen LogP contribution in [0.25, 0.3) is 0 Å². The van der Waals surface area contributed by atoms with Crippen LogP contribution < -0.4 is 21.7 Å². The molecule has 1 aromatic rings. The van der Waals surface area contributed by atoms with Crippen molar-refractivity contribution in [1.29, 1.82) is 0 Å². The third-order valence-corrected chi connectivity index (χ3v) is 3.75. The van der Waals surface area contributed by atoms with Crippen molar-refractivity contribution in [1.82, 2.24) is 5.10 Å². The van der Waals surface area contributed by atoms with Crippen molar-refractivity contribution < 1.29 is 21.7 Å². The molecule has 0 aromatic carbocycles. The molecule has 0 atom stereocenters. The van der Waals surface area contributed by atoms with Crippen molar-refractivity contribution in [2.45, 2.75) is 23.7 Å². The first kappa shape index (κ1) is 9.48. The van der Waals surface area contributed by atoms with E-state index >= 15 is 0 Å². The number of thioether (sulfide) groups is 1. The topological polar surface area (TPSA) is 16.8 Å². The second-order valence-corrected chi connectivity index (χ2v) is 4.46. The molecule has 5 heteroatoms. The maximum absolute atomic E-state index is 4.23. The fourth-order valence-electron chi connectivity index (χ4n) is 1.01. The molecule has 0 aliphatic carbocycles. The minimum Gasteiger partial charge on any atom is -1.00 e. The van der Waals surface area contributed by atoms with E-state index in [0.29, 0.717) is 0 Å². The zero-order valence-corrected chi connectivity index (χ0v) is 9.21. The maximum Gasteiger partial charge on any atom is 0.324 e. The molecule has 0 amide bonds. The minimum absolute atomic E-state index is 0. The van der Waals surface area contributed by atoms with Crippen LogP contribution in [0.5, 0.6) is 0 Å². The molecule has 62 valence electrons. The molecular formula is C6H9BrN2S2. The molecule has 0 saturated heterocycles. The van der Waals surface area contributed by atoms with Gasteiger partial charge < -0.3 is 17.0 Å². The molecule has 2 rings (SSSR count). The van der Waals surface area contributed by atoms with Crippen LogP contribution in [0.2, 0.25) is 0 Å². The van der Waals surface area contributed by atoms with Gasteiger partial charge in [-0.1, -0.05) is 4.68 Å². The summed E-state index contributed by atoms with van der Waals surface area (Å²) in [7, 11) is 0. The van der Waals surface area contributed by atoms with Gasteiger partial charge in [-0.25, -0.2) is 0 Å². The number of aryl methyl sites for hydroxylation is 1. The molecule has 0 bridgehead atoms. The standard InChI is InChI=1S/C6H9N2S2.BrH/c1-2-4-9-6-8(3-1)7-5-10-6;/h5H,1-4H2;1H/q+1;/p-1. The highest BCUT2D eigenvalue weighted by molar-refractivity contribution is 8.00. The van der Waals surface area contributed by atoms with Crippen LogP contribution in [0.15, 0.2) is 9.85 Å². The molecule has 0 saturated carbocycles. The van der Waals surface area contributed by atoms with Gasteiger partial charge in [-0.15, -0.1) is 0 Å². The quantitative estimate of drug-likeness (QED) is 0.514. The van der Waals surface area contributed by atoms with Crippen molar-refractivity contribution in [3.05, 3.63) is 5.51 Å². The van der Waals surface area contributed by atoms with Gasteiger partial charge in [0, 0.05) is 17.3 Å². The lowest BCUT2D eigenvalue weighted by molar-refractivity contribution is -0.780. The number of halogens is 1. The lowest BCUT2D eigenvalue weighted by Gasteiger charge is -1.82. The Morgan fingerprint density at radius 2 is 2.36 bits per heavy atom. The predicted octanol–water partition coefficient (Wildman–Crippen LogP) is -1.68. The highest BCUT2D eigenvalue weighted by Crippen LogP contribution is 2.21. The number of aromatic nitrogens is 2. The van der Waals surface area contributed by atoms with E-state index in [0.717, 1.165) is 6.54 Å². The van der Waals surface area contributed by atoms with Crippen molar-refractivity contribution in [3.8, 4) is 0 Å². The number of fused-ring (bicyclic) bond motifs is 1. The van der Waals surface area contributed by atoms with E-state index in [2.05, 4.69) is 9.78 Å². The van der Waals surface area contributed by atoms with E-state index in [1.165, 1.54) is 22.9 Å². The molecule has 1 aliphatic rings. The summed E-state index contributed by atoms with van der Waals surface area (Å²) in [6.45, 7) is 1.12. The minimum atomic E-state index is 0. The van der Waals surface area contributed by atoms with Crippen LogP contribution in [-0.2, 0) is 6.54 Å². The van der Waals surface area contributed by atoms with Crippen LogP contribution in [0.3, 0.4) is 0 Å². The Bertz CT molecular complexity index is 206. The van der Waals surface area contributed by atoms with Gasteiger partial charge in [0.25, 0.3) is 0 Å².